The van der Waals surface area contributed by atoms with E-state index in [9.17, 15) is 4.79 Å². The van der Waals surface area contributed by atoms with Gasteiger partial charge in [-0.1, -0.05) is 0 Å². The zero-order chi connectivity index (χ0) is 13.8. The van der Waals surface area contributed by atoms with Gasteiger partial charge < -0.3 is 15.4 Å². The molecule has 1 heterocycles. The van der Waals surface area contributed by atoms with Crippen molar-refractivity contribution in [1.82, 2.24) is 4.90 Å². The second kappa shape index (κ2) is 6.41. The van der Waals surface area contributed by atoms with Crippen LogP contribution in [0.4, 0.5) is 4.79 Å². The van der Waals surface area contributed by atoms with Gasteiger partial charge in [-0.2, -0.15) is 0 Å². The lowest BCUT2D eigenvalue weighted by Gasteiger charge is -2.33. The van der Waals surface area contributed by atoms with E-state index in [4.69, 9.17) is 10.5 Å². The molecule has 2 N–H and O–H groups in total. The van der Waals surface area contributed by atoms with Crippen LogP contribution in [-0.2, 0) is 4.74 Å². The summed E-state index contributed by atoms with van der Waals surface area (Å²) in [5, 5.41) is 0. The number of hydrogen-bond donors (Lipinski definition) is 1. The summed E-state index contributed by atoms with van der Waals surface area (Å²) < 4.78 is 5.38. The quantitative estimate of drug-likeness (QED) is 0.844. The highest BCUT2D eigenvalue weighted by Crippen LogP contribution is 2.23. The Labute approximate surface area is 111 Å². The van der Waals surface area contributed by atoms with Crippen LogP contribution in [-0.4, -0.2) is 35.7 Å². The molecule has 18 heavy (non-hydrogen) atoms. The van der Waals surface area contributed by atoms with E-state index in [1.165, 1.54) is 6.42 Å². The predicted molar refractivity (Wildman–Crippen MR) is 73.4 cm³/mol. The number of likely N-dealkylation sites (tertiary alicyclic amines) is 1. The van der Waals surface area contributed by atoms with E-state index in [0.717, 1.165) is 38.3 Å². The first-order valence-corrected chi connectivity index (χ1v) is 7.01. The van der Waals surface area contributed by atoms with Gasteiger partial charge in [0.2, 0.25) is 0 Å². The number of carbonyl (C=O) groups is 1. The van der Waals surface area contributed by atoms with Crippen LogP contribution < -0.4 is 5.73 Å². The number of rotatable bonds is 3. The third-order valence-corrected chi connectivity index (χ3v) is 3.30. The minimum Gasteiger partial charge on any atom is -0.444 e. The smallest absolute Gasteiger partial charge is 0.410 e. The number of hydrogen-bond acceptors (Lipinski definition) is 3. The van der Waals surface area contributed by atoms with Gasteiger partial charge in [-0.15, -0.1) is 0 Å². The number of ether oxygens (including phenoxy) is 1. The van der Waals surface area contributed by atoms with E-state index in [1.807, 2.05) is 25.7 Å². The average Bonchev–Trinajstić information content (AvgIpc) is 2.24. The van der Waals surface area contributed by atoms with Crippen LogP contribution in [0.1, 0.15) is 53.4 Å². The van der Waals surface area contributed by atoms with E-state index in [-0.39, 0.29) is 12.1 Å². The molecule has 0 aromatic heterocycles. The Hall–Kier alpha value is -0.770. The van der Waals surface area contributed by atoms with Crippen molar-refractivity contribution in [1.29, 1.82) is 0 Å². The Kier molecular flexibility index (Phi) is 5.45. The van der Waals surface area contributed by atoms with Crippen molar-refractivity contribution in [3.63, 3.8) is 0 Å². The normalized spacial score (nSPS) is 19.7. The number of nitrogens with zero attached hydrogens (tertiary/aromatic N) is 1. The molecule has 1 fully saturated rings. The lowest BCUT2D eigenvalue weighted by atomic mass is 9.91. The van der Waals surface area contributed by atoms with Crippen molar-refractivity contribution in [2.24, 2.45) is 11.7 Å². The molecular formula is C14H28N2O2. The zero-order valence-electron chi connectivity index (χ0n) is 12.2. The molecule has 1 aliphatic rings. The summed E-state index contributed by atoms with van der Waals surface area (Å²) in [4.78, 5) is 13.7. The highest BCUT2D eigenvalue weighted by Gasteiger charge is 2.26. The molecule has 1 saturated heterocycles. The summed E-state index contributed by atoms with van der Waals surface area (Å²) in [6.07, 6.45) is 4.24. The van der Waals surface area contributed by atoms with Crippen LogP contribution in [0.3, 0.4) is 0 Å². The lowest BCUT2D eigenvalue weighted by molar-refractivity contribution is 0.0180. The standard InChI is InChI=1S/C14H28N2O2/c1-11(15)5-6-12-7-9-16(10-8-12)13(17)18-14(2,3)4/h11-12H,5-10,15H2,1-4H3/t11-/m1/s1. The van der Waals surface area contributed by atoms with Crippen LogP contribution >= 0.6 is 0 Å². The van der Waals surface area contributed by atoms with E-state index in [0.29, 0.717) is 0 Å². The van der Waals surface area contributed by atoms with Gasteiger partial charge in [-0.05, 0) is 59.3 Å². The monoisotopic (exact) mass is 256 g/mol. The van der Waals surface area contributed by atoms with Gasteiger partial charge in [-0.3, -0.25) is 0 Å². The third-order valence-electron chi connectivity index (χ3n) is 3.30. The summed E-state index contributed by atoms with van der Waals surface area (Å²) in [6, 6.07) is 0.286. The molecule has 0 bridgehead atoms. The minimum absolute atomic E-state index is 0.173. The largest absolute Gasteiger partial charge is 0.444 e. The van der Waals surface area contributed by atoms with Gasteiger partial charge in [0.15, 0.2) is 0 Å². The molecule has 1 amide bonds. The Morgan fingerprint density at radius 2 is 1.94 bits per heavy atom. The second-order valence-electron chi connectivity index (χ2n) is 6.47. The predicted octanol–water partition coefficient (Wildman–Crippen LogP) is 2.76. The van der Waals surface area contributed by atoms with Crippen molar-refractivity contribution in [2.75, 3.05) is 13.1 Å². The molecule has 0 aromatic rings. The van der Waals surface area contributed by atoms with Gasteiger partial charge in [0.25, 0.3) is 0 Å². The number of nitrogens with two attached hydrogens (primary N) is 1. The molecule has 0 radical (unpaired) electrons. The molecule has 1 atom stereocenters. The maximum atomic E-state index is 11.9. The topological polar surface area (TPSA) is 55.6 Å². The van der Waals surface area contributed by atoms with E-state index < -0.39 is 5.60 Å². The van der Waals surface area contributed by atoms with Crippen LogP contribution in [0.15, 0.2) is 0 Å². The molecule has 1 rings (SSSR count). The van der Waals surface area contributed by atoms with Crippen molar-refractivity contribution < 1.29 is 9.53 Å². The van der Waals surface area contributed by atoms with Gasteiger partial charge in [0.1, 0.15) is 5.60 Å². The minimum atomic E-state index is -0.400. The Bertz CT molecular complexity index is 263. The number of carbonyl (C=O) groups excluding carboxylic acids is 1. The lowest BCUT2D eigenvalue weighted by Crippen LogP contribution is -2.41. The number of piperidine rings is 1. The van der Waals surface area contributed by atoms with Gasteiger partial charge >= 0.3 is 6.09 Å². The molecule has 0 aliphatic carbocycles. The Balaban J connectivity index is 2.28. The molecule has 4 heteroatoms. The van der Waals surface area contributed by atoms with Crippen molar-refractivity contribution >= 4 is 6.09 Å². The van der Waals surface area contributed by atoms with Crippen molar-refractivity contribution in [2.45, 2.75) is 65.0 Å². The molecule has 0 aromatic carbocycles. The molecule has 0 unspecified atom stereocenters. The maximum Gasteiger partial charge on any atom is 0.410 e. The highest BCUT2D eigenvalue weighted by atomic mass is 16.6. The summed E-state index contributed by atoms with van der Waals surface area (Å²) >= 11 is 0. The first-order valence-electron chi connectivity index (χ1n) is 7.01. The van der Waals surface area contributed by atoms with Gasteiger partial charge in [0.05, 0.1) is 0 Å². The molecule has 0 spiro atoms. The van der Waals surface area contributed by atoms with Crippen LogP contribution in [0, 0.1) is 5.92 Å². The van der Waals surface area contributed by atoms with Crippen molar-refractivity contribution in [3.8, 4) is 0 Å². The van der Waals surface area contributed by atoms with E-state index in [1.54, 1.807) is 0 Å². The Morgan fingerprint density at radius 1 is 1.39 bits per heavy atom. The summed E-state index contributed by atoms with van der Waals surface area (Å²) in [6.45, 7) is 9.40. The Morgan fingerprint density at radius 3 is 2.39 bits per heavy atom. The molecular weight excluding hydrogens is 228 g/mol. The van der Waals surface area contributed by atoms with E-state index >= 15 is 0 Å². The highest BCUT2D eigenvalue weighted by molar-refractivity contribution is 5.68. The number of amides is 1. The summed E-state index contributed by atoms with van der Waals surface area (Å²) in [5.74, 6) is 0.717. The molecule has 1 aliphatic heterocycles. The first kappa shape index (κ1) is 15.3. The molecule has 4 nitrogen and oxygen atoms in total. The van der Waals surface area contributed by atoms with Gasteiger partial charge in [0, 0.05) is 19.1 Å². The fourth-order valence-electron chi connectivity index (χ4n) is 2.23. The summed E-state index contributed by atoms with van der Waals surface area (Å²) in [5.41, 5.74) is 5.37. The van der Waals surface area contributed by atoms with Crippen LogP contribution in [0.2, 0.25) is 0 Å². The average molecular weight is 256 g/mol. The zero-order valence-corrected chi connectivity index (χ0v) is 12.2. The maximum absolute atomic E-state index is 11.9. The fraction of sp³-hybridized carbons (Fsp3) is 0.929. The van der Waals surface area contributed by atoms with Crippen LogP contribution in [0.25, 0.3) is 0 Å². The molecule has 106 valence electrons. The molecule has 0 saturated carbocycles. The SMILES string of the molecule is C[C@@H](N)CCC1CCN(C(=O)OC(C)(C)C)CC1. The van der Waals surface area contributed by atoms with E-state index in [2.05, 4.69) is 6.92 Å². The third kappa shape index (κ3) is 5.71. The first-order chi connectivity index (χ1) is 8.28. The van der Waals surface area contributed by atoms with Gasteiger partial charge in [-0.25, -0.2) is 4.79 Å². The second-order valence-corrected chi connectivity index (χ2v) is 6.47. The van der Waals surface area contributed by atoms with Crippen molar-refractivity contribution in [3.05, 3.63) is 0 Å². The fourth-order valence-corrected chi connectivity index (χ4v) is 2.23. The van der Waals surface area contributed by atoms with Crippen LogP contribution in [0.5, 0.6) is 0 Å². The summed E-state index contributed by atoms with van der Waals surface area (Å²) in [7, 11) is 0.